The van der Waals surface area contributed by atoms with Crippen molar-refractivity contribution in [2.75, 3.05) is 0 Å². The summed E-state index contributed by atoms with van der Waals surface area (Å²) < 4.78 is 7.59. The lowest BCUT2D eigenvalue weighted by Crippen LogP contribution is -2.04. The van der Waals surface area contributed by atoms with Gasteiger partial charge in [-0.05, 0) is 44.4 Å². The first kappa shape index (κ1) is 13.2. The van der Waals surface area contributed by atoms with Crippen molar-refractivity contribution >= 4 is 0 Å². The van der Waals surface area contributed by atoms with Crippen molar-refractivity contribution in [3.05, 3.63) is 46.8 Å². The summed E-state index contributed by atoms with van der Waals surface area (Å²) in [5.41, 5.74) is 3.59. The van der Waals surface area contributed by atoms with Crippen molar-refractivity contribution in [3.63, 3.8) is 0 Å². The topological polar surface area (TPSA) is 47.3 Å². The third-order valence-electron chi connectivity index (χ3n) is 3.84. The number of nitrogens with zero attached hydrogens (tertiary/aromatic N) is 2. The van der Waals surface area contributed by atoms with Gasteiger partial charge in [-0.2, -0.15) is 5.10 Å². The zero-order valence-electron chi connectivity index (χ0n) is 12.1. The normalized spacial score (nSPS) is 16.2. The molecule has 2 aromatic rings. The Kier molecular flexibility index (Phi) is 3.26. The van der Waals surface area contributed by atoms with E-state index in [4.69, 9.17) is 4.74 Å². The van der Waals surface area contributed by atoms with Crippen molar-refractivity contribution < 1.29 is 9.84 Å². The van der Waals surface area contributed by atoms with Gasteiger partial charge in [-0.15, -0.1) is 0 Å². The molecule has 1 atom stereocenters. The van der Waals surface area contributed by atoms with Crippen LogP contribution in [-0.4, -0.2) is 21.0 Å². The van der Waals surface area contributed by atoms with Crippen molar-refractivity contribution in [2.24, 2.45) is 7.05 Å². The molecule has 106 valence electrons. The molecule has 1 saturated carbocycles. The fraction of sp³-hybridized carbons (Fsp3) is 0.438. The summed E-state index contributed by atoms with van der Waals surface area (Å²) in [6, 6.07) is 7.72. The van der Waals surface area contributed by atoms with Gasteiger partial charge in [-0.25, -0.2) is 0 Å². The van der Waals surface area contributed by atoms with Gasteiger partial charge in [0.2, 0.25) is 0 Å². The summed E-state index contributed by atoms with van der Waals surface area (Å²) in [6.07, 6.45) is 1.97. The number of aliphatic hydroxyl groups excluding tert-OH is 1. The van der Waals surface area contributed by atoms with E-state index in [-0.39, 0.29) is 0 Å². The van der Waals surface area contributed by atoms with Gasteiger partial charge >= 0.3 is 0 Å². The van der Waals surface area contributed by atoms with E-state index in [1.54, 1.807) is 4.68 Å². The third kappa shape index (κ3) is 2.43. The SMILES string of the molecule is Cc1nn(C)c(C)c1C(O)c1cccc(OC2CC2)c1. The monoisotopic (exact) mass is 272 g/mol. The minimum Gasteiger partial charge on any atom is -0.490 e. The molecule has 1 aliphatic carbocycles. The van der Waals surface area contributed by atoms with Gasteiger partial charge in [0.25, 0.3) is 0 Å². The molecule has 1 aromatic heterocycles. The molecule has 0 spiro atoms. The van der Waals surface area contributed by atoms with E-state index >= 15 is 0 Å². The minimum atomic E-state index is -0.661. The van der Waals surface area contributed by atoms with Crippen LogP contribution in [0.2, 0.25) is 0 Å². The Labute approximate surface area is 119 Å². The van der Waals surface area contributed by atoms with E-state index in [0.29, 0.717) is 6.10 Å². The summed E-state index contributed by atoms with van der Waals surface area (Å²) in [7, 11) is 1.89. The Morgan fingerprint density at radius 2 is 2.10 bits per heavy atom. The summed E-state index contributed by atoms with van der Waals surface area (Å²) >= 11 is 0. The van der Waals surface area contributed by atoms with Crippen LogP contribution in [0.4, 0.5) is 0 Å². The Bertz CT molecular complexity index is 629. The Morgan fingerprint density at radius 1 is 1.35 bits per heavy atom. The molecular formula is C16H20N2O2. The second kappa shape index (κ2) is 4.94. The zero-order valence-corrected chi connectivity index (χ0v) is 12.1. The highest BCUT2D eigenvalue weighted by Gasteiger charge is 2.24. The molecule has 1 aromatic carbocycles. The molecule has 20 heavy (non-hydrogen) atoms. The molecule has 1 N–H and O–H groups in total. The van der Waals surface area contributed by atoms with Crippen LogP contribution in [0.25, 0.3) is 0 Å². The van der Waals surface area contributed by atoms with Crippen LogP contribution in [0.3, 0.4) is 0 Å². The molecule has 1 heterocycles. The lowest BCUT2D eigenvalue weighted by atomic mass is 10.00. The lowest BCUT2D eigenvalue weighted by molar-refractivity contribution is 0.217. The van der Waals surface area contributed by atoms with E-state index in [0.717, 1.165) is 41.1 Å². The first-order chi connectivity index (χ1) is 9.56. The molecule has 4 nitrogen and oxygen atoms in total. The second-order valence-electron chi connectivity index (χ2n) is 5.50. The summed E-state index contributed by atoms with van der Waals surface area (Å²) in [6.45, 7) is 3.90. The Balaban J connectivity index is 1.90. The molecule has 1 unspecified atom stereocenters. The number of hydrogen-bond acceptors (Lipinski definition) is 3. The van der Waals surface area contributed by atoms with Gasteiger partial charge in [0.05, 0.1) is 11.8 Å². The molecule has 1 fully saturated rings. The molecule has 0 amide bonds. The Morgan fingerprint density at radius 3 is 2.70 bits per heavy atom. The molecular weight excluding hydrogens is 252 g/mol. The quantitative estimate of drug-likeness (QED) is 0.930. The van der Waals surface area contributed by atoms with Gasteiger partial charge in [0, 0.05) is 18.3 Å². The highest BCUT2D eigenvalue weighted by atomic mass is 16.5. The molecule has 4 heteroatoms. The highest BCUT2D eigenvalue weighted by molar-refractivity contribution is 5.38. The molecule has 3 rings (SSSR count). The van der Waals surface area contributed by atoms with Crippen LogP contribution in [0.5, 0.6) is 5.75 Å². The first-order valence-electron chi connectivity index (χ1n) is 7.01. The predicted octanol–water partition coefficient (Wildman–Crippen LogP) is 2.66. The van der Waals surface area contributed by atoms with Crippen LogP contribution >= 0.6 is 0 Å². The lowest BCUT2D eigenvalue weighted by Gasteiger charge is -2.13. The van der Waals surface area contributed by atoms with Gasteiger partial charge < -0.3 is 9.84 Å². The van der Waals surface area contributed by atoms with Gasteiger partial charge in [-0.3, -0.25) is 4.68 Å². The number of aliphatic hydroxyl groups is 1. The first-order valence-corrected chi connectivity index (χ1v) is 7.01. The number of rotatable bonds is 4. The van der Waals surface area contributed by atoms with Crippen molar-refractivity contribution in [2.45, 2.75) is 38.9 Å². The van der Waals surface area contributed by atoms with Gasteiger partial charge in [-0.1, -0.05) is 12.1 Å². The smallest absolute Gasteiger partial charge is 0.120 e. The number of aromatic nitrogens is 2. The molecule has 0 saturated heterocycles. The van der Waals surface area contributed by atoms with Crippen LogP contribution in [0.1, 0.15) is 41.5 Å². The Hall–Kier alpha value is -1.81. The largest absolute Gasteiger partial charge is 0.490 e. The van der Waals surface area contributed by atoms with Crippen LogP contribution in [0.15, 0.2) is 24.3 Å². The van der Waals surface area contributed by atoms with Crippen LogP contribution in [0, 0.1) is 13.8 Å². The fourth-order valence-corrected chi connectivity index (χ4v) is 2.49. The van der Waals surface area contributed by atoms with Gasteiger partial charge in [0.15, 0.2) is 0 Å². The second-order valence-corrected chi connectivity index (χ2v) is 5.50. The number of hydrogen-bond donors (Lipinski definition) is 1. The number of benzene rings is 1. The number of aryl methyl sites for hydroxylation is 2. The average molecular weight is 272 g/mol. The average Bonchev–Trinajstić information content (AvgIpc) is 3.18. The maximum absolute atomic E-state index is 10.6. The third-order valence-corrected chi connectivity index (χ3v) is 3.84. The van der Waals surface area contributed by atoms with Crippen LogP contribution < -0.4 is 4.74 Å². The highest BCUT2D eigenvalue weighted by Crippen LogP contribution is 2.31. The standard InChI is InChI=1S/C16H20N2O2/c1-10-15(11(2)18(3)17-10)16(19)12-5-4-6-14(9-12)20-13-7-8-13/h4-6,9,13,16,19H,7-8H2,1-3H3. The van der Waals surface area contributed by atoms with E-state index < -0.39 is 6.10 Å². The zero-order chi connectivity index (χ0) is 14.3. The predicted molar refractivity (Wildman–Crippen MR) is 76.8 cm³/mol. The summed E-state index contributed by atoms with van der Waals surface area (Å²) in [5.74, 6) is 0.836. The van der Waals surface area contributed by atoms with E-state index in [2.05, 4.69) is 5.10 Å². The summed E-state index contributed by atoms with van der Waals surface area (Å²) in [5, 5.41) is 15.0. The molecule has 0 bridgehead atoms. The maximum Gasteiger partial charge on any atom is 0.120 e. The number of ether oxygens (including phenoxy) is 1. The van der Waals surface area contributed by atoms with E-state index in [9.17, 15) is 5.11 Å². The van der Waals surface area contributed by atoms with Crippen LogP contribution in [-0.2, 0) is 7.05 Å². The molecule has 0 aliphatic heterocycles. The van der Waals surface area contributed by atoms with E-state index in [1.807, 2.05) is 45.2 Å². The van der Waals surface area contributed by atoms with Crippen molar-refractivity contribution in [1.29, 1.82) is 0 Å². The van der Waals surface area contributed by atoms with Gasteiger partial charge in [0.1, 0.15) is 11.9 Å². The molecule has 0 radical (unpaired) electrons. The van der Waals surface area contributed by atoms with E-state index in [1.165, 1.54) is 0 Å². The van der Waals surface area contributed by atoms with Crippen molar-refractivity contribution in [3.8, 4) is 5.75 Å². The fourth-order valence-electron chi connectivity index (χ4n) is 2.49. The van der Waals surface area contributed by atoms with Crippen molar-refractivity contribution in [1.82, 2.24) is 9.78 Å². The summed E-state index contributed by atoms with van der Waals surface area (Å²) in [4.78, 5) is 0. The minimum absolute atomic E-state index is 0.365. The maximum atomic E-state index is 10.6. The molecule has 1 aliphatic rings.